The Kier molecular flexibility index (Phi) is 10.1. The van der Waals surface area contributed by atoms with E-state index < -0.39 is 28.5 Å². The minimum atomic E-state index is -3.95. The summed E-state index contributed by atoms with van der Waals surface area (Å²) >= 11 is 18.1. The first kappa shape index (κ1) is 28.7. The van der Waals surface area contributed by atoms with Crippen LogP contribution in [0.15, 0.2) is 47.4 Å². The van der Waals surface area contributed by atoms with E-state index in [9.17, 15) is 18.0 Å². The van der Waals surface area contributed by atoms with Crippen molar-refractivity contribution in [1.82, 2.24) is 14.5 Å². The van der Waals surface area contributed by atoms with Gasteiger partial charge in [-0.1, -0.05) is 60.1 Å². The summed E-state index contributed by atoms with van der Waals surface area (Å²) in [7, 11) is -2.62. The summed E-state index contributed by atoms with van der Waals surface area (Å²) in [6.45, 7) is 1.25. The molecule has 196 valence electrons. The molecule has 1 fully saturated rings. The van der Waals surface area contributed by atoms with Gasteiger partial charge in [-0.2, -0.15) is 4.31 Å². The minimum Gasteiger partial charge on any atom is -0.352 e. The van der Waals surface area contributed by atoms with E-state index in [2.05, 4.69) is 5.32 Å². The van der Waals surface area contributed by atoms with E-state index in [1.54, 1.807) is 25.1 Å². The molecule has 2 amide bonds. The number of carbonyl (C=O) groups is 2. The predicted octanol–water partition coefficient (Wildman–Crippen LogP) is 5.13. The van der Waals surface area contributed by atoms with Gasteiger partial charge in [0, 0.05) is 24.7 Å². The molecule has 1 saturated carbocycles. The Morgan fingerprint density at radius 2 is 1.64 bits per heavy atom. The van der Waals surface area contributed by atoms with Gasteiger partial charge in [-0.3, -0.25) is 9.59 Å². The lowest BCUT2D eigenvalue weighted by Crippen LogP contribution is -2.52. The molecule has 1 N–H and O–H groups in total. The van der Waals surface area contributed by atoms with Crippen molar-refractivity contribution < 1.29 is 18.0 Å². The third kappa shape index (κ3) is 7.35. The molecule has 1 aliphatic rings. The van der Waals surface area contributed by atoms with Crippen LogP contribution >= 0.6 is 34.8 Å². The maximum Gasteiger partial charge on any atom is 0.243 e. The summed E-state index contributed by atoms with van der Waals surface area (Å²) < 4.78 is 27.0. The van der Waals surface area contributed by atoms with Crippen molar-refractivity contribution in [2.24, 2.45) is 0 Å². The predicted molar refractivity (Wildman–Crippen MR) is 143 cm³/mol. The summed E-state index contributed by atoms with van der Waals surface area (Å²) in [5.74, 6) is -0.800. The van der Waals surface area contributed by atoms with Crippen molar-refractivity contribution in [2.45, 2.75) is 62.6 Å². The van der Waals surface area contributed by atoms with Crippen LogP contribution < -0.4 is 5.32 Å². The Labute approximate surface area is 227 Å². The van der Waals surface area contributed by atoms with E-state index >= 15 is 0 Å². The van der Waals surface area contributed by atoms with Crippen LogP contribution in [0.5, 0.6) is 0 Å². The van der Waals surface area contributed by atoms with E-state index in [4.69, 9.17) is 34.8 Å². The molecule has 0 spiro atoms. The average molecular weight is 575 g/mol. The summed E-state index contributed by atoms with van der Waals surface area (Å²) in [6.07, 6.45) is 5.07. The van der Waals surface area contributed by atoms with E-state index in [1.165, 1.54) is 36.2 Å². The zero-order chi connectivity index (χ0) is 26.5. The van der Waals surface area contributed by atoms with Crippen LogP contribution in [-0.2, 0) is 26.2 Å². The lowest BCUT2D eigenvalue weighted by Gasteiger charge is -2.32. The number of halogens is 3. The van der Waals surface area contributed by atoms with Crippen molar-refractivity contribution in [3.05, 3.63) is 63.1 Å². The number of carbonyl (C=O) groups excluding carboxylic acids is 2. The van der Waals surface area contributed by atoms with Crippen LogP contribution in [0.2, 0.25) is 15.1 Å². The van der Waals surface area contributed by atoms with E-state index in [-0.39, 0.29) is 23.4 Å². The molecule has 3 rings (SSSR count). The van der Waals surface area contributed by atoms with Crippen molar-refractivity contribution in [3.8, 4) is 0 Å². The molecule has 0 saturated heterocycles. The monoisotopic (exact) mass is 573 g/mol. The molecule has 1 aliphatic carbocycles. The Morgan fingerprint density at radius 1 is 1.00 bits per heavy atom. The first-order valence-corrected chi connectivity index (χ1v) is 14.3. The first-order chi connectivity index (χ1) is 17.0. The topological polar surface area (TPSA) is 86.8 Å². The lowest BCUT2D eigenvalue weighted by atomic mass is 9.95. The van der Waals surface area contributed by atoms with Gasteiger partial charge in [0.1, 0.15) is 6.04 Å². The zero-order valence-corrected chi connectivity index (χ0v) is 23.3. The van der Waals surface area contributed by atoms with Gasteiger partial charge in [0.25, 0.3) is 0 Å². The lowest BCUT2D eigenvalue weighted by molar-refractivity contribution is -0.141. The fourth-order valence-corrected chi connectivity index (χ4v) is 5.71. The zero-order valence-electron chi connectivity index (χ0n) is 20.2. The van der Waals surface area contributed by atoms with Crippen LogP contribution in [0.3, 0.4) is 0 Å². The SMILES string of the molecule is C[C@@H](C(=O)NC1CCCCC1)N(Cc1ccc(Cl)c(Cl)c1)C(=O)CN(C)S(=O)(=O)c1ccc(Cl)cc1. The second-order valence-corrected chi connectivity index (χ2v) is 12.3. The van der Waals surface area contributed by atoms with Crippen molar-refractivity contribution in [3.63, 3.8) is 0 Å². The number of benzene rings is 2. The van der Waals surface area contributed by atoms with Crippen LogP contribution in [0.25, 0.3) is 0 Å². The molecular weight excluding hydrogens is 545 g/mol. The Morgan fingerprint density at radius 3 is 2.25 bits per heavy atom. The number of rotatable bonds is 9. The third-order valence-corrected chi connectivity index (χ3v) is 9.14. The summed E-state index contributed by atoms with van der Waals surface area (Å²) in [6, 6.07) is 9.91. The van der Waals surface area contributed by atoms with Gasteiger partial charge < -0.3 is 10.2 Å². The van der Waals surface area contributed by atoms with Crippen molar-refractivity contribution in [2.75, 3.05) is 13.6 Å². The fraction of sp³-hybridized carbons (Fsp3) is 0.440. The van der Waals surface area contributed by atoms with Gasteiger partial charge in [-0.25, -0.2) is 8.42 Å². The molecular formula is C25H30Cl3N3O4S. The number of nitrogens with zero attached hydrogens (tertiary/aromatic N) is 2. The molecule has 0 bridgehead atoms. The molecule has 36 heavy (non-hydrogen) atoms. The Balaban J connectivity index is 1.81. The van der Waals surface area contributed by atoms with Crippen molar-refractivity contribution >= 4 is 56.6 Å². The maximum atomic E-state index is 13.4. The number of nitrogens with one attached hydrogen (secondary N) is 1. The van der Waals surface area contributed by atoms with Gasteiger partial charge >= 0.3 is 0 Å². The summed E-state index contributed by atoms with van der Waals surface area (Å²) in [5, 5.41) is 4.14. The van der Waals surface area contributed by atoms with Crippen molar-refractivity contribution in [1.29, 1.82) is 0 Å². The number of amides is 2. The van der Waals surface area contributed by atoms with E-state index in [0.29, 0.717) is 20.6 Å². The number of hydrogen-bond donors (Lipinski definition) is 1. The van der Waals surface area contributed by atoms with Gasteiger partial charge in [0.2, 0.25) is 21.8 Å². The molecule has 1 atom stereocenters. The van der Waals surface area contributed by atoms with Gasteiger partial charge in [0.05, 0.1) is 21.5 Å². The number of hydrogen-bond acceptors (Lipinski definition) is 4. The smallest absolute Gasteiger partial charge is 0.243 e. The quantitative estimate of drug-likeness (QED) is 0.450. The number of sulfonamides is 1. The van der Waals surface area contributed by atoms with Crippen LogP contribution in [0.1, 0.15) is 44.6 Å². The molecule has 0 aromatic heterocycles. The molecule has 0 unspecified atom stereocenters. The molecule has 0 heterocycles. The average Bonchev–Trinajstić information content (AvgIpc) is 2.85. The Hall–Kier alpha value is -1.84. The highest BCUT2D eigenvalue weighted by Gasteiger charge is 2.31. The summed E-state index contributed by atoms with van der Waals surface area (Å²) in [4.78, 5) is 27.9. The summed E-state index contributed by atoms with van der Waals surface area (Å²) in [5.41, 5.74) is 0.665. The first-order valence-electron chi connectivity index (χ1n) is 11.7. The molecule has 2 aromatic carbocycles. The standard InChI is InChI=1S/C25H30Cl3N3O4S/c1-17(25(33)29-20-6-4-3-5-7-20)31(15-18-8-13-22(27)23(28)14-18)24(32)16-30(2)36(34,35)21-11-9-19(26)10-12-21/h8-14,17,20H,3-7,15-16H2,1-2H3,(H,29,33)/t17-/m0/s1. The molecule has 11 heteroatoms. The highest BCUT2D eigenvalue weighted by molar-refractivity contribution is 7.89. The van der Waals surface area contributed by atoms with E-state index in [0.717, 1.165) is 36.4 Å². The Bertz CT molecular complexity index is 1190. The van der Waals surface area contributed by atoms with Crippen LogP contribution in [0.4, 0.5) is 0 Å². The molecule has 7 nitrogen and oxygen atoms in total. The fourth-order valence-electron chi connectivity index (χ4n) is 4.14. The van der Waals surface area contributed by atoms with Gasteiger partial charge in [0.15, 0.2) is 0 Å². The third-order valence-electron chi connectivity index (χ3n) is 6.34. The highest BCUT2D eigenvalue weighted by atomic mass is 35.5. The van der Waals surface area contributed by atoms with Gasteiger partial charge in [-0.15, -0.1) is 0 Å². The molecule has 2 aromatic rings. The second-order valence-electron chi connectivity index (χ2n) is 9.00. The largest absolute Gasteiger partial charge is 0.352 e. The van der Waals surface area contributed by atoms with E-state index in [1.807, 2.05) is 0 Å². The highest BCUT2D eigenvalue weighted by Crippen LogP contribution is 2.24. The normalized spacial score (nSPS) is 15.5. The minimum absolute atomic E-state index is 0.0151. The number of likely N-dealkylation sites (N-methyl/N-ethyl adjacent to an activating group) is 1. The molecule has 0 aliphatic heterocycles. The molecule has 0 radical (unpaired) electrons. The van der Waals surface area contributed by atoms with Gasteiger partial charge in [-0.05, 0) is 61.7 Å². The maximum absolute atomic E-state index is 13.4. The second kappa shape index (κ2) is 12.6. The van der Waals surface area contributed by atoms with Crippen LogP contribution in [-0.4, -0.2) is 55.1 Å². The van der Waals surface area contributed by atoms with Crippen LogP contribution in [0, 0.1) is 0 Å².